The monoisotopic (exact) mass is 233 g/mol. The predicted molar refractivity (Wildman–Crippen MR) is 58.1 cm³/mol. The number of amides is 2. The smallest absolute Gasteiger partial charge is 0.226 e. The molecule has 1 aliphatic rings. The van der Waals surface area contributed by atoms with Gasteiger partial charge in [0.25, 0.3) is 0 Å². The second kappa shape index (κ2) is 3.99. The molecular formula is C10H9N4O3+. The molecule has 0 unspecified atom stereocenters. The van der Waals surface area contributed by atoms with Gasteiger partial charge in [-0.15, -0.1) is 0 Å². The maximum atomic E-state index is 11.6. The number of hydrogen-bond acceptors (Lipinski definition) is 4. The Morgan fingerprint density at radius 3 is 2.41 bits per heavy atom. The highest BCUT2D eigenvalue weighted by molar-refractivity contribution is 6.13. The van der Waals surface area contributed by atoms with Gasteiger partial charge in [-0.25, -0.2) is 9.59 Å². The van der Waals surface area contributed by atoms with Gasteiger partial charge >= 0.3 is 11.8 Å². The summed E-state index contributed by atoms with van der Waals surface area (Å²) in [5, 5.41) is 13.5. The van der Waals surface area contributed by atoms with Crippen LogP contribution in [0.5, 0.6) is 0 Å². The van der Waals surface area contributed by atoms with E-state index in [0.29, 0.717) is 0 Å². The molecule has 1 N–H and O–H groups in total. The lowest BCUT2D eigenvalue weighted by molar-refractivity contribution is -0.168. The number of hydrogen-bond donors (Lipinski definition) is 1. The molecule has 2 amide bonds. The average molecular weight is 233 g/mol. The van der Waals surface area contributed by atoms with Gasteiger partial charge in [0.1, 0.15) is 5.69 Å². The molecule has 0 spiro atoms. The Morgan fingerprint density at radius 2 is 1.82 bits per heavy atom. The number of benzene rings is 1. The molecule has 1 heterocycles. The van der Waals surface area contributed by atoms with E-state index in [1.165, 1.54) is 12.1 Å². The number of nitrogens with zero attached hydrogens (tertiary/aromatic N) is 4. The fraction of sp³-hybridized carbons (Fsp3) is 0.200. The number of quaternary nitrogens is 1. The van der Waals surface area contributed by atoms with Crippen molar-refractivity contribution in [1.82, 2.24) is 4.65 Å². The summed E-state index contributed by atoms with van der Waals surface area (Å²) in [5.41, 5.74) is 8.47. The van der Waals surface area contributed by atoms with E-state index in [9.17, 15) is 14.8 Å². The normalized spacial score (nSPS) is 17.9. The summed E-state index contributed by atoms with van der Waals surface area (Å²) in [5.74, 6) is -1.23. The summed E-state index contributed by atoms with van der Waals surface area (Å²) >= 11 is 0. The first kappa shape index (κ1) is 11.3. The highest BCUT2D eigenvalue weighted by Gasteiger charge is 2.53. The van der Waals surface area contributed by atoms with Crippen LogP contribution in [0.4, 0.5) is 11.4 Å². The van der Waals surface area contributed by atoms with E-state index >= 15 is 0 Å². The van der Waals surface area contributed by atoms with Gasteiger partial charge in [0.15, 0.2) is 5.69 Å². The SMILES string of the molecule is [N-]=[N+]=Nc1ccccc1[N+]1(O)C(=O)CCC1=O. The highest BCUT2D eigenvalue weighted by atomic mass is 16.6. The predicted octanol–water partition coefficient (Wildman–Crippen LogP) is 2.17. The lowest BCUT2D eigenvalue weighted by atomic mass is 10.2. The van der Waals surface area contributed by atoms with Crippen LogP contribution < -0.4 is 4.65 Å². The molecule has 1 fully saturated rings. The minimum Gasteiger partial charge on any atom is -0.226 e. The van der Waals surface area contributed by atoms with Crippen molar-refractivity contribution < 1.29 is 14.8 Å². The Morgan fingerprint density at radius 1 is 1.24 bits per heavy atom. The number of carbonyl (C=O) groups is 2. The van der Waals surface area contributed by atoms with Crippen molar-refractivity contribution in [3.63, 3.8) is 0 Å². The number of para-hydroxylation sites is 1. The number of carbonyl (C=O) groups excluding carboxylic acids is 2. The topological polar surface area (TPSA) is 103 Å². The molecule has 1 aliphatic heterocycles. The summed E-state index contributed by atoms with van der Waals surface area (Å²) in [7, 11) is 0. The van der Waals surface area contributed by atoms with Crippen molar-refractivity contribution >= 4 is 23.2 Å². The van der Waals surface area contributed by atoms with Gasteiger partial charge in [0.05, 0.1) is 12.8 Å². The Balaban J connectivity index is 2.64. The van der Waals surface area contributed by atoms with Crippen molar-refractivity contribution in [3.05, 3.63) is 34.7 Å². The molecule has 0 saturated carbocycles. The summed E-state index contributed by atoms with van der Waals surface area (Å²) < 4.78 is -1.41. The van der Waals surface area contributed by atoms with E-state index in [4.69, 9.17) is 5.53 Å². The maximum absolute atomic E-state index is 11.6. The Kier molecular flexibility index (Phi) is 2.64. The maximum Gasteiger partial charge on any atom is 0.359 e. The highest BCUT2D eigenvalue weighted by Crippen LogP contribution is 2.36. The minimum absolute atomic E-state index is 0.00204. The van der Waals surface area contributed by atoms with E-state index in [1.807, 2.05) is 0 Å². The van der Waals surface area contributed by atoms with Crippen molar-refractivity contribution in [3.8, 4) is 0 Å². The average Bonchev–Trinajstić information content (AvgIpc) is 2.59. The van der Waals surface area contributed by atoms with Crippen molar-refractivity contribution in [1.29, 1.82) is 0 Å². The van der Waals surface area contributed by atoms with Crippen molar-refractivity contribution in [2.45, 2.75) is 12.8 Å². The zero-order valence-electron chi connectivity index (χ0n) is 8.78. The molecule has 0 atom stereocenters. The van der Waals surface area contributed by atoms with Gasteiger partial charge in [0, 0.05) is 11.0 Å². The quantitative estimate of drug-likeness (QED) is 0.211. The van der Waals surface area contributed by atoms with Crippen LogP contribution in [0, 0.1) is 0 Å². The molecule has 1 aromatic rings. The third-order valence-electron chi connectivity index (χ3n) is 2.66. The molecule has 1 aromatic carbocycles. The summed E-state index contributed by atoms with van der Waals surface area (Å²) in [6, 6.07) is 5.97. The number of rotatable bonds is 2. The van der Waals surface area contributed by atoms with Crippen molar-refractivity contribution in [2.75, 3.05) is 0 Å². The van der Waals surface area contributed by atoms with E-state index in [2.05, 4.69) is 10.0 Å². The standard InChI is InChI=1S/C10H9N4O3/c11-13-12-7-3-1-2-4-8(7)14(17)9(15)5-6-10(14)16/h1-4,17H,5-6H2/q+1. The first-order valence-corrected chi connectivity index (χ1v) is 4.94. The van der Waals surface area contributed by atoms with Crippen molar-refractivity contribution in [2.24, 2.45) is 5.11 Å². The molecule has 1 saturated heterocycles. The fourth-order valence-corrected chi connectivity index (χ4v) is 1.82. The molecule has 0 radical (unpaired) electrons. The molecule has 7 nitrogen and oxygen atoms in total. The van der Waals surface area contributed by atoms with Crippen LogP contribution in [0.25, 0.3) is 10.4 Å². The second-order valence-electron chi connectivity index (χ2n) is 3.60. The van der Waals surface area contributed by atoms with Gasteiger partial charge < -0.3 is 0 Å². The zero-order valence-corrected chi connectivity index (χ0v) is 8.78. The van der Waals surface area contributed by atoms with Crippen LogP contribution in [0.15, 0.2) is 29.4 Å². The number of hydroxylamine groups is 2. The van der Waals surface area contributed by atoms with Crippen LogP contribution >= 0.6 is 0 Å². The van der Waals surface area contributed by atoms with Crippen LogP contribution in [0.1, 0.15) is 12.8 Å². The molecule has 17 heavy (non-hydrogen) atoms. The Hall–Kier alpha value is -2.21. The molecular weight excluding hydrogens is 224 g/mol. The van der Waals surface area contributed by atoms with Gasteiger partial charge in [-0.3, -0.25) is 0 Å². The molecule has 0 aliphatic carbocycles. The Bertz CT molecular complexity index is 532. The van der Waals surface area contributed by atoms with Crippen LogP contribution in [-0.4, -0.2) is 17.0 Å². The molecule has 7 heteroatoms. The number of imide groups is 1. The van der Waals surface area contributed by atoms with E-state index in [0.717, 1.165) is 0 Å². The largest absolute Gasteiger partial charge is 0.359 e. The minimum atomic E-state index is -1.41. The first-order chi connectivity index (χ1) is 8.10. The lowest BCUT2D eigenvalue weighted by Crippen LogP contribution is -2.50. The summed E-state index contributed by atoms with van der Waals surface area (Å²) in [6.07, 6.45) is -0.0279. The molecule has 0 aromatic heterocycles. The van der Waals surface area contributed by atoms with Gasteiger partial charge in [0.2, 0.25) is 0 Å². The van der Waals surface area contributed by atoms with Crippen LogP contribution in [0.2, 0.25) is 0 Å². The lowest BCUT2D eigenvalue weighted by Gasteiger charge is -2.19. The second-order valence-corrected chi connectivity index (χ2v) is 3.60. The molecule has 0 bridgehead atoms. The van der Waals surface area contributed by atoms with E-state index in [1.54, 1.807) is 12.1 Å². The van der Waals surface area contributed by atoms with Crippen LogP contribution in [0.3, 0.4) is 0 Å². The van der Waals surface area contributed by atoms with Gasteiger partial charge in [-0.2, -0.15) is 5.21 Å². The zero-order chi connectivity index (χ0) is 12.5. The van der Waals surface area contributed by atoms with Gasteiger partial charge in [-0.05, 0) is 16.2 Å². The molecule has 86 valence electrons. The summed E-state index contributed by atoms with van der Waals surface area (Å²) in [4.78, 5) is 25.9. The van der Waals surface area contributed by atoms with Crippen LogP contribution in [-0.2, 0) is 9.59 Å². The molecule has 2 rings (SSSR count). The fourth-order valence-electron chi connectivity index (χ4n) is 1.82. The van der Waals surface area contributed by atoms with E-state index in [-0.39, 0.29) is 24.2 Å². The first-order valence-electron chi connectivity index (χ1n) is 4.94. The third-order valence-corrected chi connectivity index (χ3v) is 2.66. The third kappa shape index (κ3) is 1.58. The van der Waals surface area contributed by atoms with E-state index < -0.39 is 16.5 Å². The number of azide groups is 1. The Labute approximate surface area is 96.1 Å². The summed E-state index contributed by atoms with van der Waals surface area (Å²) in [6.45, 7) is 0. The van der Waals surface area contributed by atoms with Gasteiger partial charge in [-0.1, -0.05) is 17.2 Å².